The smallest absolute Gasteiger partial charge is 0.259 e. The minimum Gasteiger partial charge on any atom is -0.354 e. The number of sulfonamides is 1. The van der Waals surface area contributed by atoms with E-state index in [9.17, 15) is 27.6 Å². The molecule has 0 bridgehead atoms. The van der Waals surface area contributed by atoms with E-state index in [2.05, 4.69) is 25.7 Å². The quantitative estimate of drug-likeness (QED) is 0.170. The number of amides is 4. The van der Waals surface area contributed by atoms with Gasteiger partial charge in [0.2, 0.25) is 10.0 Å². The number of hydrogen-bond acceptors (Lipinski definition) is 6. The zero-order valence-corrected chi connectivity index (χ0v) is 21.0. The summed E-state index contributed by atoms with van der Waals surface area (Å²) in [5, 5.41) is 8.99. The minimum atomic E-state index is -3.35. The summed E-state index contributed by atoms with van der Waals surface area (Å²) in [6.45, 7) is 0.272. The number of aromatic amines is 1. The van der Waals surface area contributed by atoms with Gasteiger partial charge in [-0.2, -0.15) is 0 Å². The Bertz CT molecular complexity index is 1760. The second-order valence-electron chi connectivity index (χ2n) is 8.86. The molecule has 38 heavy (non-hydrogen) atoms. The summed E-state index contributed by atoms with van der Waals surface area (Å²) in [5.74, 6) is -1.91. The lowest BCUT2D eigenvalue weighted by Gasteiger charge is -2.10. The summed E-state index contributed by atoms with van der Waals surface area (Å²) in [7, 11) is -3.35. The Morgan fingerprint density at radius 1 is 0.895 bits per heavy atom. The number of rotatable bonds is 8. The van der Waals surface area contributed by atoms with E-state index < -0.39 is 27.7 Å². The SMILES string of the molecule is CS(=O)(=O)NCCNC(=O)c1cccc(CNC(=O)c2cc3c(c4c2[nH]c2ccccc24)C(=O)NC3=O)c1. The van der Waals surface area contributed by atoms with Crippen LogP contribution in [0.5, 0.6) is 0 Å². The van der Waals surface area contributed by atoms with Crippen LogP contribution in [0.4, 0.5) is 0 Å². The first-order valence-corrected chi connectivity index (χ1v) is 13.5. The van der Waals surface area contributed by atoms with Gasteiger partial charge in [-0.25, -0.2) is 13.1 Å². The Morgan fingerprint density at radius 3 is 2.47 bits per heavy atom. The normalized spacial score (nSPS) is 13.0. The molecule has 0 saturated heterocycles. The number of fused-ring (bicyclic) bond motifs is 5. The molecule has 0 fully saturated rings. The first-order valence-electron chi connectivity index (χ1n) is 11.7. The monoisotopic (exact) mass is 533 g/mol. The Balaban J connectivity index is 1.36. The molecule has 1 aromatic heterocycles. The van der Waals surface area contributed by atoms with Crippen LogP contribution in [-0.4, -0.2) is 56.4 Å². The molecule has 2 heterocycles. The largest absolute Gasteiger partial charge is 0.354 e. The van der Waals surface area contributed by atoms with Crippen molar-refractivity contribution in [1.82, 2.24) is 25.7 Å². The fourth-order valence-corrected chi connectivity index (χ4v) is 4.94. The highest BCUT2D eigenvalue weighted by atomic mass is 32.2. The van der Waals surface area contributed by atoms with Crippen molar-refractivity contribution in [3.63, 3.8) is 0 Å². The zero-order chi connectivity index (χ0) is 27.0. The lowest BCUT2D eigenvalue weighted by atomic mass is 9.98. The summed E-state index contributed by atoms with van der Waals surface area (Å²) < 4.78 is 24.6. The Labute approximate surface area is 217 Å². The highest BCUT2D eigenvalue weighted by Crippen LogP contribution is 2.35. The minimum absolute atomic E-state index is 0.0624. The number of imide groups is 1. The Kier molecular flexibility index (Phi) is 6.43. The van der Waals surface area contributed by atoms with E-state index in [1.54, 1.807) is 24.3 Å². The van der Waals surface area contributed by atoms with Gasteiger partial charge in [0.1, 0.15) is 0 Å². The highest BCUT2D eigenvalue weighted by molar-refractivity contribution is 7.88. The van der Waals surface area contributed by atoms with Gasteiger partial charge >= 0.3 is 0 Å². The molecule has 0 atom stereocenters. The number of benzene rings is 3. The molecule has 0 spiro atoms. The second kappa shape index (κ2) is 9.72. The molecule has 5 rings (SSSR count). The van der Waals surface area contributed by atoms with Gasteiger partial charge in [0.15, 0.2) is 0 Å². The van der Waals surface area contributed by atoms with Gasteiger partial charge in [-0.15, -0.1) is 0 Å². The van der Waals surface area contributed by atoms with E-state index in [0.717, 1.165) is 17.2 Å². The van der Waals surface area contributed by atoms with E-state index in [4.69, 9.17) is 0 Å². The van der Waals surface area contributed by atoms with E-state index in [-0.39, 0.29) is 42.2 Å². The number of H-pyrrole nitrogens is 1. The Hall–Kier alpha value is -4.55. The average Bonchev–Trinajstić information content (AvgIpc) is 3.40. The van der Waals surface area contributed by atoms with E-state index >= 15 is 0 Å². The van der Waals surface area contributed by atoms with Crippen molar-refractivity contribution >= 4 is 55.5 Å². The molecule has 0 radical (unpaired) electrons. The molecule has 4 aromatic rings. The molecule has 12 heteroatoms. The predicted octanol–water partition coefficient (Wildman–Crippen LogP) is 1.41. The van der Waals surface area contributed by atoms with Gasteiger partial charge in [0, 0.05) is 41.5 Å². The predicted molar refractivity (Wildman–Crippen MR) is 140 cm³/mol. The molecular formula is C26H23N5O6S. The summed E-state index contributed by atoms with van der Waals surface area (Å²) in [5.41, 5.74) is 2.77. The lowest BCUT2D eigenvalue weighted by molar-refractivity contribution is 0.0877. The van der Waals surface area contributed by atoms with Crippen LogP contribution in [0.1, 0.15) is 47.0 Å². The maximum Gasteiger partial charge on any atom is 0.259 e. The molecule has 1 aliphatic rings. The second-order valence-corrected chi connectivity index (χ2v) is 10.7. The molecule has 0 unspecified atom stereocenters. The molecule has 11 nitrogen and oxygen atoms in total. The third-order valence-electron chi connectivity index (χ3n) is 6.14. The van der Waals surface area contributed by atoms with Crippen molar-refractivity contribution in [1.29, 1.82) is 0 Å². The summed E-state index contributed by atoms with van der Waals surface area (Å²) in [6.07, 6.45) is 1.03. The molecule has 4 amide bonds. The first-order chi connectivity index (χ1) is 18.1. The third kappa shape index (κ3) is 4.86. The van der Waals surface area contributed by atoms with Gasteiger partial charge in [-0.1, -0.05) is 30.3 Å². The van der Waals surface area contributed by atoms with Crippen LogP contribution in [0, 0.1) is 0 Å². The van der Waals surface area contributed by atoms with Crippen molar-refractivity contribution in [2.75, 3.05) is 19.3 Å². The van der Waals surface area contributed by atoms with Crippen LogP contribution in [0.2, 0.25) is 0 Å². The fourth-order valence-electron chi connectivity index (χ4n) is 4.47. The summed E-state index contributed by atoms with van der Waals surface area (Å²) in [4.78, 5) is 53.9. The molecular weight excluding hydrogens is 510 g/mol. The van der Waals surface area contributed by atoms with Crippen LogP contribution in [-0.2, 0) is 16.6 Å². The number of carbonyl (C=O) groups is 4. The van der Waals surface area contributed by atoms with E-state index in [1.165, 1.54) is 6.07 Å². The Morgan fingerprint density at radius 2 is 1.68 bits per heavy atom. The first kappa shape index (κ1) is 25.1. The van der Waals surface area contributed by atoms with Crippen molar-refractivity contribution in [3.05, 3.63) is 82.4 Å². The maximum absolute atomic E-state index is 13.3. The van der Waals surface area contributed by atoms with Crippen LogP contribution in [0.3, 0.4) is 0 Å². The average molecular weight is 534 g/mol. The van der Waals surface area contributed by atoms with Gasteiger partial charge < -0.3 is 15.6 Å². The van der Waals surface area contributed by atoms with Crippen molar-refractivity contribution < 1.29 is 27.6 Å². The lowest BCUT2D eigenvalue weighted by Crippen LogP contribution is -2.34. The molecule has 0 aliphatic carbocycles. The number of aromatic nitrogens is 1. The van der Waals surface area contributed by atoms with Gasteiger partial charge in [-0.3, -0.25) is 24.5 Å². The number of para-hydroxylation sites is 1. The summed E-state index contributed by atoms with van der Waals surface area (Å²) >= 11 is 0. The van der Waals surface area contributed by atoms with Crippen LogP contribution < -0.4 is 20.7 Å². The van der Waals surface area contributed by atoms with Gasteiger partial charge in [-0.05, 0) is 29.8 Å². The van der Waals surface area contributed by atoms with E-state index in [0.29, 0.717) is 22.0 Å². The van der Waals surface area contributed by atoms with Crippen LogP contribution >= 0.6 is 0 Å². The fraction of sp³-hybridized carbons (Fsp3) is 0.154. The molecule has 3 aromatic carbocycles. The number of nitrogens with one attached hydrogen (secondary N) is 5. The highest BCUT2D eigenvalue weighted by Gasteiger charge is 2.33. The number of hydrogen-bond donors (Lipinski definition) is 5. The topological polar surface area (TPSA) is 166 Å². The van der Waals surface area contributed by atoms with Crippen LogP contribution in [0.15, 0.2) is 54.6 Å². The maximum atomic E-state index is 13.3. The van der Waals surface area contributed by atoms with Crippen molar-refractivity contribution in [3.8, 4) is 0 Å². The number of carbonyl (C=O) groups excluding carboxylic acids is 4. The molecule has 1 aliphatic heterocycles. The van der Waals surface area contributed by atoms with Crippen molar-refractivity contribution in [2.24, 2.45) is 0 Å². The summed E-state index contributed by atoms with van der Waals surface area (Å²) in [6, 6.07) is 15.3. The standard InChI is InChI=1S/C26H23N5O6S/c1-38(36,37)29-10-9-27-23(32)15-6-4-5-14(11-15)13-28-24(33)18-12-17-21(26(35)31-25(17)34)20-16-7-2-3-8-19(16)30-22(18)20/h2-8,11-12,29-30H,9-10,13H2,1H3,(H,27,32)(H,28,33)(H,31,34,35). The molecule has 5 N–H and O–H groups in total. The van der Waals surface area contributed by atoms with Crippen molar-refractivity contribution in [2.45, 2.75) is 6.54 Å². The molecule has 0 saturated carbocycles. The van der Waals surface area contributed by atoms with E-state index in [1.807, 2.05) is 24.3 Å². The zero-order valence-electron chi connectivity index (χ0n) is 20.2. The third-order valence-corrected chi connectivity index (χ3v) is 6.87. The molecule has 194 valence electrons. The van der Waals surface area contributed by atoms with Gasteiger partial charge in [0.25, 0.3) is 23.6 Å². The van der Waals surface area contributed by atoms with Gasteiger partial charge in [0.05, 0.1) is 28.5 Å². The van der Waals surface area contributed by atoms with Crippen LogP contribution in [0.25, 0.3) is 21.8 Å².